The Bertz CT molecular complexity index is 717. The SMILES string of the molecule is CCN(Cc1cccc(C(=O)O)c1)C(C)c1ccc(C#N)cc1. The normalized spacial score (nSPS) is 11.9. The van der Waals surface area contributed by atoms with E-state index in [1.54, 1.807) is 18.2 Å². The summed E-state index contributed by atoms with van der Waals surface area (Å²) in [4.78, 5) is 13.4. The molecule has 0 amide bonds. The average Bonchev–Trinajstić information content (AvgIpc) is 2.59. The molecule has 0 saturated carbocycles. The van der Waals surface area contributed by atoms with E-state index in [-0.39, 0.29) is 6.04 Å². The highest BCUT2D eigenvalue weighted by Gasteiger charge is 2.15. The molecule has 0 radical (unpaired) electrons. The molecule has 0 aliphatic carbocycles. The van der Waals surface area contributed by atoms with Crippen LogP contribution in [0.25, 0.3) is 0 Å². The van der Waals surface area contributed by atoms with Gasteiger partial charge >= 0.3 is 5.97 Å². The Kier molecular flexibility index (Phi) is 5.51. The van der Waals surface area contributed by atoms with Crippen molar-refractivity contribution in [2.75, 3.05) is 6.54 Å². The van der Waals surface area contributed by atoms with Crippen molar-refractivity contribution < 1.29 is 9.90 Å². The predicted molar refractivity (Wildman–Crippen MR) is 89.1 cm³/mol. The zero-order valence-corrected chi connectivity index (χ0v) is 13.4. The molecule has 2 aromatic rings. The number of rotatable bonds is 6. The van der Waals surface area contributed by atoms with Crippen molar-refractivity contribution in [3.63, 3.8) is 0 Å². The molecule has 0 aliphatic rings. The van der Waals surface area contributed by atoms with E-state index >= 15 is 0 Å². The van der Waals surface area contributed by atoms with Crippen LogP contribution in [-0.2, 0) is 6.54 Å². The first kappa shape index (κ1) is 16.7. The fraction of sp³-hybridized carbons (Fsp3) is 0.263. The third-order valence-electron chi connectivity index (χ3n) is 4.04. The maximum Gasteiger partial charge on any atom is 0.335 e. The van der Waals surface area contributed by atoms with E-state index in [2.05, 4.69) is 24.8 Å². The number of nitriles is 1. The fourth-order valence-electron chi connectivity index (χ4n) is 2.61. The summed E-state index contributed by atoms with van der Waals surface area (Å²) in [6.45, 7) is 5.73. The number of nitrogens with zero attached hydrogens (tertiary/aromatic N) is 2. The molecule has 2 aromatic carbocycles. The predicted octanol–water partition coefficient (Wildman–Crippen LogP) is 3.84. The third-order valence-corrected chi connectivity index (χ3v) is 4.04. The van der Waals surface area contributed by atoms with Crippen LogP contribution in [0, 0.1) is 11.3 Å². The fourth-order valence-corrected chi connectivity index (χ4v) is 2.61. The second kappa shape index (κ2) is 7.57. The van der Waals surface area contributed by atoms with Crippen LogP contribution >= 0.6 is 0 Å². The Morgan fingerprint density at radius 3 is 2.52 bits per heavy atom. The molecule has 0 spiro atoms. The highest BCUT2D eigenvalue weighted by molar-refractivity contribution is 5.87. The average molecular weight is 308 g/mol. The van der Waals surface area contributed by atoms with E-state index in [0.29, 0.717) is 17.7 Å². The van der Waals surface area contributed by atoms with Crippen LogP contribution in [0.4, 0.5) is 0 Å². The molecule has 23 heavy (non-hydrogen) atoms. The van der Waals surface area contributed by atoms with Gasteiger partial charge in [-0.1, -0.05) is 31.2 Å². The lowest BCUT2D eigenvalue weighted by Crippen LogP contribution is -2.26. The van der Waals surface area contributed by atoms with Crippen molar-refractivity contribution in [2.24, 2.45) is 0 Å². The Labute approximate surface area is 136 Å². The minimum absolute atomic E-state index is 0.182. The Balaban J connectivity index is 2.16. The Hall–Kier alpha value is -2.64. The lowest BCUT2D eigenvalue weighted by atomic mass is 10.0. The molecule has 1 unspecified atom stereocenters. The first-order valence-corrected chi connectivity index (χ1v) is 7.61. The molecule has 0 fully saturated rings. The third kappa shape index (κ3) is 4.18. The van der Waals surface area contributed by atoms with Gasteiger partial charge in [0.25, 0.3) is 0 Å². The summed E-state index contributed by atoms with van der Waals surface area (Å²) in [5.74, 6) is -0.907. The monoisotopic (exact) mass is 308 g/mol. The lowest BCUT2D eigenvalue weighted by Gasteiger charge is -2.28. The molecule has 4 heteroatoms. The topological polar surface area (TPSA) is 64.3 Å². The van der Waals surface area contributed by atoms with Gasteiger partial charge in [0.15, 0.2) is 0 Å². The second-order valence-corrected chi connectivity index (χ2v) is 5.48. The van der Waals surface area contributed by atoms with Gasteiger partial charge in [0, 0.05) is 12.6 Å². The van der Waals surface area contributed by atoms with Crippen molar-refractivity contribution >= 4 is 5.97 Å². The zero-order valence-electron chi connectivity index (χ0n) is 13.4. The lowest BCUT2D eigenvalue weighted by molar-refractivity contribution is 0.0696. The Morgan fingerprint density at radius 1 is 1.26 bits per heavy atom. The van der Waals surface area contributed by atoms with Gasteiger partial charge < -0.3 is 5.11 Å². The summed E-state index contributed by atoms with van der Waals surface area (Å²) < 4.78 is 0. The van der Waals surface area contributed by atoms with E-state index in [4.69, 9.17) is 10.4 Å². The standard InChI is InChI=1S/C19H20N2O2/c1-3-21(13-16-5-4-6-18(11-16)19(22)23)14(2)17-9-7-15(12-20)8-10-17/h4-11,14H,3,13H2,1-2H3,(H,22,23). The van der Waals surface area contributed by atoms with E-state index in [0.717, 1.165) is 17.7 Å². The molecule has 4 nitrogen and oxygen atoms in total. The van der Waals surface area contributed by atoms with E-state index in [1.807, 2.05) is 30.3 Å². The highest BCUT2D eigenvalue weighted by Crippen LogP contribution is 2.22. The zero-order chi connectivity index (χ0) is 16.8. The number of aromatic carboxylic acids is 1. The minimum Gasteiger partial charge on any atom is -0.478 e. The van der Waals surface area contributed by atoms with Crippen LogP contribution in [0.5, 0.6) is 0 Å². The number of hydrogen-bond donors (Lipinski definition) is 1. The van der Waals surface area contributed by atoms with E-state index in [9.17, 15) is 4.79 Å². The molecular weight excluding hydrogens is 288 g/mol. The number of carbonyl (C=O) groups is 1. The molecular formula is C19H20N2O2. The summed E-state index contributed by atoms with van der Waals surface area (Å²) in [5, 5.41) is 18.0. The van der Waals surface area contributed by atoms with Gasteiger partial charge in [0.05, 0.1) is 17.2 Å². The quantitative estimate of drug-likeness (QED) is 0.880. The molecule has 1 atom stereocenters. The van der Waals surface area contributed by atoms with Gasteiger partial charge in [-0.25, -0.2) is 4.79 Å². The maximum atomic E-state index is 11.1. The Morgan fingerprint density at radius 2 is 1.96 bits per heavy atom. The van der Waals surface area contributed by atoms with Crippen LogP contribution in [0.3, 0.4) is 0 Å². The smallest absolute Gasteiger partial charge is 0.335 e. The van der Waals surface area contributed by atoms with Gasteiger partial charge in [-0.15, -0.1) is 0 Å². The van der Waals surface area contributed by atoms with Crippen LogP contribution in [0.15, 0.2) is 48.5 Å². The molecule has 1 N–H and O–H groups in total. The van der Waals surface area contributed by atoms with Crippen molar-refractivity contribution in [1.82, 2.24) is 4.90 Å². The first-order valence-electron chi connectivity index (χ1n) is 7.61. The van der Waals surface area contributed by atoms with Gasteiger partial charge in [0.1, 0.15) is 0 Å². The number of hydrogen-bond acceptors (Lipinski definition) is 3. The first-order chi connectivity index (χ1) is 11.0. The largest absolute Gasteiger partial charge is 0.478 e. The summed E-state index contributed by atoms with van der Waals surface area (Å²) in [5.41, 5.74) is 3.08. The molecule has 0 heterocycles. The summed E-state index contributed by atoms with van der Waals surface area (Å²) in [6.07, 6.45) is 0. The molecule has 0 saturated heterocycles. The van der Waals surface area contributed by atoms with Crippen LogP contribution in [0.1, 0.15) is 46.9 Å². The van der Waals surface area contributed by atoms with E-state index < -0.39 is 5.97 Å². The van der Waals surface area contributed by atoms with Crippen molar-refractivity contribution in [3.05, 3.63) is 70.8 Å². The molecule has 0 aliphatic heterocycles. The van der Waals surface area contributed by atoms with Gasteiger partial charge in [-0.2, -0.15) is 5.26 Å². The maximum absolute atomic E-state index is 11.1. The van der Waals surface area contributed by atoms with Gasteiger partial charge in [-0.3, -0.25) is 4.90 Å². The summed E-state index contributed by atoms with van der Waals surface area (Å²) in [6, 6.07) is 16.9. The molecule has 0 aromatic heterocycles. The number of carboxylic acids is 1. The van der Waals surface area contributed by atoms with E-state index in [1.165, 1.54) is 0 Å². The number of benzene rings is 2. The van der Waals surface area contributed by atoms with Gasteiger partial charge in [-0.05, 0) is 48.9 Å². The molecule has 0 bridgehead atoms. The van der Waals surface area contributed by atoms with Crippen molar-refractivity contribution in [1.29, 1.82) is 5.26 Å². The summed E-state index contributed by atoms with van der Waals surface area (Å²) >= 11 is 0. The molecule has 2 rings (SSSR count). The van der Waals surface area contributed by atoms with Crippen LogP contribution < -0.4 is 0 Å². The van der Waals surface area contributed by atoms with Crippen molar-refractivity contribution in [3.8, 4) is 6.07 Å². The summed E-state index contributed by atoms with van der Waals surface area (Å²) in [7, 11) is 0. The van der Waals surface area contributed by atoms with Gasteiger partial charge in [0.2, 0.25) is 0 Å². The van der Waals surface area contributed by atoms with Crippen LogP contribution in [-0.4, -0.2) is 22.5 Å². The molecule has 118 valence electrons. The van der Waals surface area contributed by atoms with Crippen LogP contribution in [0.2, 0.25) is 0 Å². The van der Waals surface area contributed by atoms with Crippen molar-refractivity contribution in [2.45, 2.75) is 26.4 Å². The minimum atomic E-state index is -0.907. The second-order valence-electron chi connectivity index (χ2n) is 5.48. The number of carboxylic acid groups (broad SMARTS) is 1. The highest BCUT2D eigenvalue weighted by atomic mass is 16.4.